The number of anilines is 1. The van der Waals surface area contributed by atoms with Crippen LogP contribution in [0.3, 0.4) is 0 Å². The largest absolute Gasteiger partial charge is 0.477 e. The Labute approximate surface area is 145 Å². The number of aromatic nitrogens is 4. The van der Waals surface area contributed by atoms with E-state index in [1.165, 1.54) is 5.56 Å². The number of carbonyl (C=O) groups is 1. The SMILES string of the molecule is CCOc1ncccc1C(=O)Nc1ccn(CCc2ccncc2)n1. The van der Waals surface area contributed by atoms with Gasteiger partial charge in [-0.25, -0.2) is 4.98 Å². The van der Waals surface area contributed by atoms with Gasteiger partial charge in [0.2, 0.25) is 5.88 Å². The zero-order chi connectivity index (χ0) is 17.5. The summed E-state index contributed by atoms with van der Waals surface area (Å²) in [6.07, 6.45) is 7.82. The molecular weight excluding hydrogens is 318 g/mol. The Balaban J connectivity index is 1.62. The second-order valence-corrected chi connectivity index (χ2v) is 5.31. The lowest BCUT2D eigenvalue weighted by Gasteiger charge is -2.08. The van der Waals surface area contributed by atoms with E-state index in [9.17, 15) is 4.79 Å². The van der Waals surface area contributed by atoms with Crippen molar-refractivity contribution in [1.82, 2.24) is 19.7 Å². The first-order chi connectivity index (χ1) is 12.3. The van der Waals surface area contributed by atoms with Gasteiger partial charge in [0, 0.05) is 37.4 Å². The van der Waals surface area contributed by atoms with E-state index in [4.69, 9.17) is 4.74 Å². The van der Waals surface area contributed by atoms with E-state index in [0.29, 0.717) is 23.9 Å². The molecule has 0 aliphatic carbocycles. The fourth-order valence-corrected chi connectivity index (χ4v) is 2.35. The Morgan fingerprint density at radius 2 is 2.04 bits per heavy atom. The molecule has 0 aromatic carbocycles. The third kappa shape index (κ3) is 4.41. The monoisotopic (exact) mass is 337 g/mol. The highest BCUT2D eigenvalue weighted by Crippen LogP contribution is 2.16. The molecule has 0 bridgehead atoms. The van der Waals surface area contributed by atoms with Gasteiger partial charge in [0.05, 0.1) is 6.61 Å². The molecular formula is C18H19N5O2. The molecule has 0 spiro atoms. The number of hydrogen-bond donors (Lipinski definition) is 1. The summed E-state index contributed by atoms with van der Waals surface area (Å²) in [5.74, 6) is 0.515. The first kappa shape index (κ1) is 16.6. The Bertz CT molecular complexity index is 832. The van der Waals surface area contributed by atoms with E-state index < -0.39 is 0 Å². The van der Waals surface area contributed by atoms with Gasteiger partial charge in [-0.05, 0) is 43.2 Å². The normalized spacial score (nSPS) is 10.4. The van der Waals surface area contributed by atoms with Crippen LogP contribution in [0.4, 0.5) is 5.82 Å². The smallest absolute Gasteiger partial charge is 0.262 e. The molecule has 1 amide bonds. The Hall–Kier alpha value is -3.22. The van der Waals surface area contributed by atoms with Gasteiger partial charge in [0.15, 0.2) is 5.82 Å². The first-order valence-electron chi connectivity index (χ1n) is 8.08. The van der Waals surface area contributed by atoms with Gasteiger partial charge in [-0.15, -0.1) is 0 Å². The number of carbonyl (C=O) groups excluding carboxylic acids is 1. The predicted octanol–water partition coefficient (Wildman–Crippen LogP) is 2.57. The maximum atomic E-state index is 12.4. The quantitative estimate of drug-likeness (QED) is 0.716. The van der Waals surface area contributed by atoms with Crippen LogP contribution in [0.5, 0.6) is 5.88 Å². The van der Waals surface area contributed by atoms with Crippen molar-refractivity contribution in [2.24, 2.45) is 0 Å². The van der Waals surface area contributed by atoms with Crippen LogP contribution in [-0.4, -0.2) is 32.3 Å². The van der Waals surface area contributed by atoms with Crippen LogP contribution in [0.15, 0.2) is 55.1 Å². The molecule has 0 atom stereocenters. The summed E-state index contributed by atoms with van der Waals surface area (Å²) < 4.78 is 7.18. The Kier molecular flexibility index (Phi) is 5.36. The number of aryl methyl sites for hydroxylation is 2. The summed E-state index contributed by atoms with van der Waals surface area (Å²) in [7, 11) is 0. The van der Waals surface area contributed by atoms with Crippen LogP contribution in [0.2, 0.25) is 0 Å². The van der Waals surface area contributed by atoms with E-state index in [-0.39, 0.29) is 5.91 Å². The number of amides is 1. The molecule has 3 aromatic heterocycles. The van der Waals surface area contributed by atoms with Crippen LogP contribution >= 0.6 is 0 Å². The number of rotatable bonds is 7. The average Bonchev–Trinajstić information content (AvgIpc) is 3.09. The number of ether oxygens (including phenoxy) is 1. The van der Waals surface area contributed by atoms with Gasteiger partial charge < -0.3 is 10.1 Å². The first-order valence-corrected chi connectivity index (χ1v) is 8.08. The zero-order valence-electron chi connectivity index (χ0n) is 13.9. The maximum Gasteiger partial charge on any atom is 0.262 e. The molecule has 128 valence electrons. The number of nitrogens with zero attached hydrogens (tertiary/aromatic N) is 4. The molecule has 0 aliphatic heterocycles. The summed E-state index contributed by atoms with van der Waals surface area (Å²) in [4.78, 5) is 20.5. The molecule has 3 heterocycles. The van der Waals surface area contributed by atoms with Crippen molar-refractivity contribution in [2.45, 2.75) is 19.9 Å². The average molecular weight is 337 g/mol. The van der Waals surface area contributed by atoms with Gasteiger partial charge in [0.25, 0.3) is 5.91 Å². The van der Waals surface area contributed by atoms with Crippen LogP contribution in [0, 0.1) is 0 Å². The minimum Gasteiger partial charge on any atom is -0.477 e. The van der Waals surface area contributed by atoms with Crippen molar-refractivity contribution in [2.75, 3.05) is 11.9 Å². The van der Waals surface area contributed by atoms with Crippen molar-refractivity contribution < 1.29 is 9.53 Å². The lowest BCUT2D eigenvalue weighted by Crippen LogP contribution is -2.15. The molecule has 7 nitrogen and oxygen atoms in total. The molecule has 0 fully saturated rings. The molecule has 3 aromatic rings. The van der Waals surface area contributed by atoms with Gasteiger partial charge >= 0.3 is 0 Å². The molecule has 25 heavy (non-hydrogen) atoms. The van der Waals surface area contributed by atoms with Crippen molar-refractivity contribution in [3.63, 3.8) is 0 Å². The predicted molar refractivity (Wildman–Crippen MR) is 93.5 cm³/mol. The van der Waals surface area contributed by atoms with E-state index in [1.807, 2.05) is 25.3 Å². The molecule has 0 saturated heterocycles. The summed E-state index contributed by atoms with van der Waals surface area (Å²) >= 11 is 0. The van der Waals surface area contributed by atoms with E-state index >= 15 is 0 Å². The maximum absolute atomic E-state index is 12.4. The Morgan fingerprint density at radius 3 is 2.84 bits per heavy atom. The summed E-state index contributed by atoms with van der Waals surface area (Å²) in [5, 5.41) is 7.15. The third-order valence-electron chi connectivity index (χ3n) is 3.56. The molecule has 3 rings (SSSR count). The fraction of sp³-hybridized carbons (Fsp3) is 0.222. The fourth-order valence-electron chi connectivity index (χ4n) is 2.35. The molecule has 0 radical (unpaired) electrons. The number of hydrogen-bond acceptors (Lipinski definition) is 5. The highest BCUT2D eigenvalue weighted by Gasteiger charge is 2.14. The van der Waals surface area contributed by atoms with Crippen molar-refractivity contribution in [1.29, 1.82) is 0 Å². The van der Waals surface area contributed by atoms with E-state index in [1.54, 1.807) is 41.5 Å². The lowest BCUT2D eigenvalue weighted by molar-refractivity contribution is 0.102. The lowest BCUT2D eigenvalue weighted by atomic mass is 10.2. The van der Waals surface area contributed by atoms with Gasteiger partial charge in [-0.2, -0.15) is 5.10 Å². The van der Waals surface area contributed by atoms with Gasteiger partial charge in [-0.3, -0.25) is 14.5 Å². The topological polar surface area (TPSA) is 81.9 Å². The minimum absolute atomic E-state index is 0.295. The molecule has 0 saturated carbocycles. The van der Waals surface area contributed by atoms with Gasteiger partial charge in [0.1, 0.15) is 5.56 Å². The molecule has 7 heteroatoms. The second kappa shape index (κ2) is 8.05. The molecule has 0 aliphatic rings. The third-order valence-corrected chi connectivity index (χ3v) is 3.56. The highest BCUT2D eigenvalue weighted by atomic mass is 16.5. The summed E-state index contributed by atoms with van der Waals surface area (Å²) in [5.41, 5.74) is 1.57. The number of pyridine rings is 2. The van der Waals surface area contributed by atoms with Crippen molar-refractivity contribution >= 4 is 11.7 Å². The van der Waals surface area contributed by atoms with Crippen LogP contribution in [0.1, 0.15) is 22.8 Å². The van der Waals surface area contributed by atoms with Crippen LogP contribution in [-0.2, 0) is 13.0 Å². The molecule has 0 unspecified atom stereocenters. The number of nitrogens with one attached hydrogen (secondary N) is 1. The van der Waals surface area contributed by atoms with E-state index in [0.717, 1.165) is 13.0 Å². The highest BCUT2D eigenvalue weighted by molar-refractivity contribution is 6.05. The van der Waals surface area contributed by atoms with Crippen molar-refractivity contribution in [3.8, 4) is 5.88 Å². The zero-order valence-corrected chi connectivity index (χ0v) is 13.9. The van der Waals surface area contributed by atoms with Gasteiger partial charge in [-0.1, -0.05) is 0 Å². The van der Waals surface area contributed by atoms with Crippen LogP contribution < -0.4 is 10.1 Å². The summed E-state index contributed by atoms with van der Waals surface area (Å²) in [6, 6.07) is 9.09. The second-order valence-electron chi connectivity index (χ2n) is 5.31. The van der Waals surface area contributed by atoms with E-state index in [2.05, 4.69) is 20.4 Å². The van der Waals surface area contributed by atoms with Crippen molar-refractivity contribution in [3.05, 3.63) is 66.2 Å². The standard InChI is InChI=1S/C18H19N5O2/c1-2-25-18-15(4-3-9-20-18)17(24)21-16-8-13-23(22-16)12-7-14-5-10-19-11-6-14/h3-6,8-11,13H,2,7,12H2,1H3,(H,21,22,24). The minimum atomic E-state index is -0.295. The summed E-state index contributed by atoms with van der Waals surface area (Å²) in [6.45, 7) is 3.01. The van der Waals surface area contributed by atoms with Crippen LogP contribution in [0.25, 0.3) is 0 Å². The Morgan fingerprint density at radius 1 is 1.20 bits per heavy atom. The molecule has 1 N–H and O–H groups in total.